The third-order valence-corrected chi connectivity index (χ3v) is 2.25. The van der Waals surface area contributed by atoms with Gasteiger partial charge in [-0.1, -0.05) is 0 Å². The molecule has 3 nitrogen and oxygen atoms in total. The number of nitrogens with one attached hydrogen (secondary N) is 1. The molecule has 0 saturated heterocycles. The molecule has 0 aliphatic heterocycles. The predicted molar refractivity (Wildman–Crippen MR) is 57.2 cm³/mol. The number of carbonyl (C=O) groups is 1. The molecular formula is C11H12F3NO2. The van der Waals surface area contributed by atoms with Crippen LogP contribution < -0.4 is 10.1 Å². The fourth-order valence-corrected chi connectivity index (χ4v) is 1.34. The van der Waals surface area contributed by atoms with Gasteiger partial charge in [-0.2, -0.15) is 13.2 Å². The largest absolute Gasteiger partial charge is 0.496 e. The van der Waals surface area contributed by atoms with Gasteiger partial charge in [0, 0.05) is 5.69 Å². The maximum absolute atomic E-state index is 12.1. The molecule has 17 heavy (non-hydrogen) atoms. The first-order valence-corrected chi connectivity index (χ1v) is 4.79. The summed E-state index contributed by atoms with van der Waals surface area (Å²) < 4.78 is 41.2. The minimum absolute atomic E-state index is 0.130. The zero-order valence-electron chi connectivity index (χ0n) is 9.61. The normalized spacial score (nSPS) is 11.2. The first kappa shape index (κ1) is 13.3. The van der Waals surface area contributed by atoms with Crippen LogP contribution in [0.25, 0.3) is 0 Å². The number of hydrogen-bond acceptors (Lipinski definition) is 2. The molecule has 0 spiro atoms. The van der Waals surface area contributed by atoms with E-state index >= 15 is 0 Å². The third kappa shape index (κ3) is 3.12. The monoisotopic (exact) mass is 247 g/mol. The smallest absolute Gasteiger partial charge is 0.471 e. The molecule has 1 rings (SSSR count). The van der Waals surface area contributed by atoms with Crippen LogP contribution in [0.3, 0.4) is 0 Å². The first-order chi connectivity index (χ1) is 7.75. The Kier molecular flexibility index (Phi) is 3.65. The second-order valence-electron chi connectivity index (χ2n) is 3.59. The Labute approximate surface area is 96.6 Å². The molecule has 0 aliphatic rings. The van der Waals surface area contributed by atoms with E-state index in [0.29, 0.717) is 16.9 Å². The van der Waals surface area contributed by atoms with Gasteiger partial charge in [-0.15, -0.1) is 0 Å². The van der Waals surface area contributed by atoms with Gasteiger partial charge in [0.2, 0.25) is 0 Å². The van der Waals surface area contributed by atoms with E-state index in [4.69, 9.17) is 4.74 Å². The molecule has 0 aromatic heterocycles. The Morgan fingerprint density at radius 3 is 2.29 bits per heavy atom. The lowest BCUT2D eigenvalue weighted by molar-refractivity contribution is -0.167. The van der Waals surface area contributed by atoms with E-state index in [0.717, 1.165) is 0 Å². The molecule has 0 radical (unpaired) electrons. The maximum atomic E-state index is 12.1. The average Bonchev–Trinajstić information content (AvgIpc) is 2.21. The first-order valence-electron chi connectivity index (χ1n) is 4.79. The van der Waals surface area contributed by atoms with Crippen LogP contribution in [-0.4, -0.2) is 19.2 Å². The number of carbonyl (C=O) groups excluding carboxylic acids is 1. The second-order valence-corrected chi connectivity index (χ2v) is 3.59. The standard InChI is InChI=1S/C11H12F3NO2/c1-6-5-9(17-3)7(2)4-8(6)15-10(16)11(12,13)14/h4-5H,1-3H3,(H,15,16). The van der Waals surface area contributed by atoms with Crippen molar-refractivity contribution in [3.8, 4) is 5.75 Å². The van der Waals surface area contributed by atoms with E-state index in [1.165, 1.54) is 13.2 Å². The van der Waals surface area contributed by atoms with Crippen molar-refractivity contribution in [3.63, 3.8) is 0 Å². The number of ether oxygens (including phenoxy) is 1. The molecule has 6 heteroatoms. The van der Waals surface area contributed by atoms with E-state index in [2.05, 4.69) is 0 Å². The van der Waals surface area contributed by atoms with Gasteiger partial charge in [0.05, 0.1) is 7.11 Å². The van der Waals surface area contributed by atoms with Crippen LogP contribution in [-0.2, 0) is 4.79 Å². The summed E-state index contributed by atoms with van der Waals surface area (Å²) in [5.74, 6) is -1.42. The van der Waals surface area contributed by atoms with Gasteiger partial charge in [-0.25, -0.2) is 0 Å². The lowest BCUT2D eigenvalue weighted by Gasteiger charge is -2.13. The number of anilines is 1. The molecule has 1 aromatic carbocycles. The summed E-state index contributed by atoms with van der Waals surface area (Å²) in [4.78, 5) is 10.8. The molecule has 0 atom stereocenters. The highest BCUT2D eigenvalue weighted by Gasteiger charge is 2.38. The fraction of sp³-hybridized carbons (Fsp3) is 0.364. The molecule has 0 bridgehead atoms. The van der Waals surface area contributed by atoms with Crippen LogP contribution in [0.4, 0.5) is 18.9 Å². The summed E-state index contributed by atoms with van der Waals surface area (Å²) in [7, 11) is 1.47. The van der Waals surface area contributed by atoms with E-state index in [1.807, 2.05) is 5.32 Å². The van der Waals surface area contributed by atoms with Crippen molar-refractivity contribution in [2.24, 2.45) is 0 Å². The number of benzene rings is 1. The van der Waals surface area contributed by atoms with Gasteiger partial charge < -0.3 is 10.1 Å². The summed E-state index contributed by atoms with van der Waals surface area (Å²) in [6, 6.07) is 3.01. The van der Waals surface area contributed by atoms with Gasteiger partial charge in [-0.3, -0.25) is 4.79 Å². The summed E-state index contributed by atoms with van der Waals surface area (Å²) in [5, 5.41) is 1.82. The number of aryl methyl sites for hydroxylation is 2. The van der Waals surface area contributed by atoms with Crippen LogP contribution in [0.5, 0.6) is 5.75 Å². The Bertz CT molecular complexity index is 441. The van der Waals surface area contributed by atoms with Crippen molar-refractivity contribution in [1.29, 1.82) is 0 Å². The molecule has 0 heterocycles. The average molecular weight is 247 g/mol. The minimum atomic E-state index is -4.89. The molecule has 0 aliphatic carbocycles. The molecule has 0 fully saturated rings. The maximum Gasteiger partial charge on any atom is 0.471 e. The van der Waals surface area contributed by atoms with Crippen molar-refractivity contribution in [2.75, 3.05) is 12.4 Å². The number of alkyl halides is 3. The highest BCUT2D eigenvalue weighted by molar-refractivity contribution is 5.95. The molecular weight excluding hydrogens is 235 g/mol. The fourth-order valence-electron chi connectivity index (χ4n) is 1.34. The summed E-state index contributed by atoms with van der Waals surface area (Å²) in [5.41, 5.74) is 1.28. The van der Waals surface area contributed by atoms with E-state index < -0.39 is 12.1 Å². The number of methoxy groups -OCH3 is 1. The highest BCUT2D eigenvalue weighted by atomic mass is 19.4. The number of halogens is 3. The Hall–Kier alpha value is -1.72. The zero-order chi connectivity index (χ0) is 13.2. The lowest BCUT2D eigenvalue weighted by atomic mass is 10.1. The van der Waals surface area contributed by atoms with Crippen molar-refractivity contribution in [3.05, 3.63) is 23.3 Å². The predicted octanol–water partition coefficient (Wildman–Crippen LogP) is 2.81. The van der Waals surface area contributed by atoms with Crippen molar-refractivity contribution in [1.82, 2.24) is 0 Å². The van der Waals surface area contributed by atoms with Crippen LogP contribution >= 0.6 is 0 Å². The second kappa shape index (κ2) is 4.65. The molecule has 1 N–H and O–H groups in total. The van der Waals surface area contributed by atoms with Gasteiger partial charge >= 0.3 is 12.1 Å². The number of amides is 1. The third-order valence-electron chi connectivity index (χ3n) is 2.25. The lowest BCUT2D eigenvalue weighted by Crippen LogP contribution is -2.30. The van der Waals surface area contributed by atoms with Crippen LogP contribution in [0, 0.1) is 13.8 Å². The topological polar surface area (TPSA) is 38.3 Å². The summed E-state index contributed by atoms with van der Waals surface area (Å²) in [6.45, 7) is 3.27. The van der Waals surface area contributed by atoms with Crippen LogP contribution in [0.1, 0.15) is 11.1 Å². The van der Waals surface area contributed by atoms with Gasteiger partial charge in [-0.05, 0) is 37.1 Å². The number of hydrogen-bond donors (Lipinski definition) is 1. The van der Waals surface area contributed by atoms with Gasteiger partial charge in [0.1, 0.15) is 5.75 Å². The van der Waals surface area contributed by atoms with E-state index in [9.17, 15) is 18.0 Å². The van der Waals surface area contributed by atoms with E-state index in [1.54, 1.807) is 19.9 Å². The molecule has 94 valence electrons. The quantitative estimate of drug-likeness (QED) is 0.872. The SMILES string of the molecule is COc1cc(C)c(NC(=O)C(F)(F)F)cc1C. The number of rotatable bonds is 2. The Balaban J connectivity index is 3.01. The molecule has 1 aromatic rings. The molecule has 0 unspecified atom stereocenters. The Morgan fingerprint density at radius 1 is 1.24 bits per heavy atom. The van der Waals surface area contributed by atoms with E-state index in [-0.39, 0.29) is 5.69 Å². The van der Waals surface area contributed by atoms with Crippen molar-refractivity contribution in [2.45, 2.75) is 20.0 Å². The van der Waals surface area contributed by atoms with Crippen LogP contribution in [0.2, 0.25) is 0 Å². The van der Waals surface area contributed by atoms with Crippen molar-refractivity contribution < 1.29 is 22.7 Å². The zero-order valence-corrected chi connectivity index (χ0v) is 9.61. The van der Waals surface area contributed by atoms with Crippen LogP contribution in [0.15, 0.2) is 12.1 Å². The summed E-state index contributed by atoms with van der Waals surface area (Å²) in [6.07, 6.45) is -4.89. The molecule has 1 amide bonds. The van der Waals surface area contributed by atoms with Crippen molar-refractivity contribution >= 4 is 11.6 Å². The highest BCUT2D eigenvalue weighted by Crippen LogP contribution is 2.27. The summed E-state index contributed by atoms with van der Waals surface area (Å²) >= 11 is 0. The van der Waals surface area contributed by atoms with Gasteiger partial charge in [0.15, 0.2) is 0 Å². The molecule has 0 saturated carbocycles. The Morgan fingerprint density at radius 2 is 1.82 bits per heavy atom. The van der Waals surface area contributed by atoms with Gasteiger partial charge in [0.25, 0.3) is 0 Å². The minimum Gasteiger partial charge on any atom is -0.496 e.